The van der Waals surface area contributed by atoms with Gasteiger partial charge in [-0.1, -0.05) is 121 Å². The lowest BCUT2D eigenvalue weighted by atomic mass is 10.1. The normalized spacial score (nSPS) is 18.5. The number of aromatic nitrogens is 6. The summed E-state index contributed by atoms with van der Waals surface area (Å²) in [5.74, 6) is -1.93. The van der Waals surface area contributed by atoms with Crippen molar-refractivity contribution in [2.24, 2.45) is 0 Å². The van der Waals surface area contributed by atoms with Gasteiger partial charge in [-0.25, -0.2) is 0 Å². The number of para-hydroxylation sites is 7. The lowest BCUT2D eigenvalue weighted by Crippen LogP contribution is -2.11. The van der Waals surface area contributed by atoms with Crippen LogP contribution in [0, 0.1) is 0 Å². The zero-order valence-corrected chi connectivity index (χ0v) is 25.5. The Morgan fingerprint density at radius 1 is 0.353 bits per heavy atom. The van der Waals surface area contributed by atoms with E-state index in [1.807, 2.05) is 0 Å². The Balaban J connectivity index is 1.41. The van der Waals surface area contributed by atoms with Crippen LogP contribution in [0.1, 0.15) is 32.9 Å². The van der Waals surface area contributed by atoms with Crippen LogP contribution in [0.15, 0.2) is 169 Å². The van der Waals surface area contributed by atoms with Crippen LogP contribution in [0.4, 0.5) is 0 Å². The molecule has 0 aliphatic rings. The minimum Gasteiger partial charge on any atom is -0.309 e. The van der Waals surface area contributed by atoms with Crippen LogP contribution >= 0.6 is 0 Å². The van der Waals surface area contributed by atoms with Gasteiger partial charge in [0.15, 0.2) is 5.82 Å². The molecule has 6 nitrogen and oxygen atoms in total. The number of fused-ring (bicyclic) bond motifs is 9. The molecule has 4 heterocycles. The van der Waals surface area contributed by atoms with E-state index in [1.165, 1.54) is 24.3 Å². The number of hydrogen-bond acceptors (Lipinski definition) is 3. The van der Waals surface area contributed by atoms with Gasteiger partial charge >= 0.3 is 0 Å². The number of hydrogen-bond donors (Lipinski definition) is 0. The van der Waals surface area contributed by atoms with Crippen LogP contribution < -0.4 is 0 Å². The topological polar surface area (TPSA) is 53.5 Å². The van der Waals surface area contributed by atoms with Crippen molar-refractivity contribution in [1.82, 2.24) is 28.7 Å². The molecule has 0 spiro atoms. The number of benzene rings is 7. The molecule has 0 atom stereocenters. The van der Waals surface area contributed by atoms with Gasteiger partial charge in [0.25, 0.3) is 0 Å². The Bertz CT molecular complexity index is 4130. The molecule has 7 aromatic carbocycles. The maximum absolute atomic E-state index is 9.24. The molecule has 0 bridgehead atoms. The molecular weight excluding hydrogens is 625 g/mol. The average Bonchev–Trinajstić information content (AvgIpc) is 4.10. The molecule has 51 heavy (non-hydrogen) atoms. The van der Waals surface area contributed by atoms with E-state index in [0.29, 0.717) is 0 Å². The van der Waals surface area contributed by atoms with Gasteiger partial charge in [0.2, 0.25) is 11.9 Å². The molecule has 0 aliphatic carbocycles. The molecule has 11 rings (SSSR count). The van der Waals surface area contributed by atoms with Gasteiger partial charge in [0.05, 0.1) is 71.7 Å². The Labute approximate surface area is 325 Å². The summed E-state index contributed by atoms with van der Waals surface area (Å²) in [6, 6.07) is -12.3. The first kappa shape index (κ1) is 13.3. The fraction of sp³-hybridized carbons (Fsp3) is 0. The molecule has 0 fully saturated rings. The molecule has 0 N–H and O–H groups in total. The van der Waals surface area contributed by atoms with Crippen molar-refractivity contribution in [3.63, 3.8) is 0 Å². The molecule has 238 valence electrons. The molecular formula is C45H28N6. The van der Waals surface area contributed by atoms with Gasteiger partial charge in [0, 0.05) is 37.9 Å². The second-order valence-electron chi connectivity index (χ2n) is 11.1. The highest BCUT2D eigenvalue weighted by molar-refractivity contribution is 6.11. The fourth-order valence-electron chi connectivity index (χ4n) is 6.44. The zero-order valence-electron chi connectivity index (χ0n) is 49.5. The van der Waals surface area contributed by atoms with Crippen LogP contribution in [0.5, 0.6) is 0 Å². The second kappa shape index (κ2) is 10.7. The Hall–Kier alpha value is -7.05. The molecule has 6 heteroatoms. The summed E-state index contributed by atoms with van der Waals surface area (Å²) < 4.78 is 216. The molecule has 11 aromatic rings. The van der Waals surface area contributed by atoms with E-state index in [4.69, 9.17) is 39.6 Å². The van der Waals surface area contributed by atoms with Crippen molar-refractivity contribution in [3.05, 3.63) is 169 Å². The predicted octanol–water partition coefficient (Wildman–Crippen LogP) is 10.8. The summed E-state index contributed by atoms with van der Waals surface area (Å²) in [5, 5.41) is -2.20. The van der Waals surface area contributed by atoms with Gasteiger partial charge in [0.1, 0.15) is 0 Å². The first-order valence-electron chi connectivity index (χ1n) is 27.2. The summed E-state index contributed by atoms with van der Waals surface area (Å²) in [6.45, 7) is 0. The minimum absolute atomic E-state index is 0.132. The van der Waals surface area contributed by atoms with Crippen molar-refractivity contribution in [2.75, 3.05) is 0 Å². The van der Waals surface area contributed by atoms with Crippen LogP contribution in [0.2, 0.25) is 0 Å². The molecule has 0 unspecified atom stereocenters. The Kier molecular flexibility index (Phi) is 2.81. The molecule has 0 amide bonds. The third kappa shape index (κ3) is 4.01. The summed E-state index contributed by atoms with van der Waals surface area (Å²) in [6.07, 6.45) is 0. The SMILES string of the molecule is [2H]c1c([2H])c([2H])c2c(c1[2H])c1c([2H])c([2H])c([2H])c([2H])c1n2-c1nc(-c2ccccc2-n2c3c([2H])c([2H])c([2H])c([2H])c3c3c([2H])c([2H])c([2H])c([2H])c32)nc(-n2c3c([2H])c([2H])c([2H])c([2H])c3c3c([2H])c([2H])c([2H])c([2H])c32)n1. The maximum Gasteiger partial charge on any atom is 0.240 e. The van der Waals surface area contributed by atoms with Crippen molar-refractivity contribution >= 4 is 65.4 Å². The lowest BCUT2D eigenvalue weighted by Gasteiger charge is -2.16. The van der Waals surface area contributed by atoms with E-state index in [2.05, 4.69) is 0 Å². The molecule has 0 radical (unpaired) electrons. The largest absolute Gasteiger partial charge is 0.309 e. The van der Waals surface area contributed by atoms with Crippen molar-refractivity contribution in [2.45, 2.75) is 0 Å². The maximum atomic E-state index is 9.24. The highest BCUT2D eigenvalue weighted by Crippen LogP contribution is 2.37. The first-order chi connectivity index (χ1) is 35.3. The van der Waals surface area contributed by atoms with E-state index in [-0.39, 0.29) is 33.1 Å². The highest BCUT2D eigenvalue weighted by Gasteiger charge is 2.22. The lowest BCUT2D eigenvalue weighted by molar-refractivity contribution is 0.892. The van der Waals surface area contributed by atoms with E-state index >= 15 is 0 Å². The van der Waals surface area contributed by atoms with E-state index in [0.717, 1.165) is 13.7 Å². The van der Waals surface area contributed by atoms with E-state index in [1.54, 1.807) is 0 Å². The van der Waals surface area contributed by atoms with E-state index in [9.17, 15) is 8.22 Å². The molecule has 4 aromatic heterocycles. The van der Waals surface area contributed by atoms with E-state index < -0.39 is 206 Å². The molecule has 0 saturated carbocycles. The molecule has 0 saturated heterocycles. The third-order valence-electron chi connectivity index (χ3n) is 8.50. The zero-order chi connectivity index (χ0) is 54.4. The quantitative estimate of drug-likeness (QED) is 0.186. The molecule has 0 aliphatic heterocycles. The van der Waals surface area contributed by atoms with Crippen LogP contribution in [-0.2, 0) is 0 Å². The summed E-state index contributed by atoms with van der Waals surface area (Å²) in [7, 11) is 0. The highest BCUT2D eigenvalue weighted by atomic mass is 15.3. The number of rotatable bonds is 4. The monoisotopic (exact) mass is 676 g/mol. The third-order valence-corrected chi connectivity index (χ3v) is 8.50. The first-order valence-corrected chi connectivity index (χ1v) is 15.2. The smallest absolute Gasteiger partial charge is 0.240 e. The minimum atomic E-state index is -0.818. The van der Waals surface area contributed by atoms with Gasteiger partial charge in [-0.2, -0.15) is 15.0 Å². The fourth-order valence-corrected chi connectivity index (χ4v) is 6.44. The predicted molar refractivity (Wildman–Crippen MR) is 208 cm³/mol. The van der Waals surface area contributed by atoms with Gasteiger partial charge in [-0.05, 0) is 48.4 Å². The van der Waals surface area contributed by atoms with Crippen LogP contribution in [0.3, 0.4) is 0 Å². The second-order valence-corrected chi connectivity index (χ2v) is 11.1. The number of nitrogens with zero attached hydrogens (tertiary/aromatic N) is 6. The summed E-state index contributed by atoms with van der Waals surface area (Å²) >= 11 is 0. The average molecular weight is 677 g/mol. The summed E-state index contributed by atoms with van der Waals surface area (Å²) in [4.78, 5) is 14.3. The van der Waals surface area contributed by atoms with Crippen molar-refractivity contribution in [3.8, 4) is 29.0 Å². The van der Waals surface area contributed by atoms with Gasteiger partial charge in [-0.3, -0.25) is 9.13 Å². The van der Waals surface area contributed by atoms with Crippen molar-refractivity contribution < 1.29 is 32.9 Å². The van der Waals surface area contributed by atoms with Crippen molar-refractivity contribution in [1.29, 1.82) is 0 Å². The summed E-state index contributed by atoms with van der Waals surface area (Å²) in [5.41, 5.74) is -2.88. The standard InChI is InChI=1S/C45H28N6/c1-8-22-36-29(15-1)30-16-2-9-23-37(30)49(36)42-28-14-7-21-35(42)43-46-44(50-38-24-10-3-17-31(38)32-18-4-11-25-39(32)50)48-45(47-43)51-40-26-12-5-19-33(40)34-20-6-13-27-41(34)51/h1-28H/i1D,2D,3D,4D,5D,6D,8D,9D,10D,11D,12D,13D,15D,16D,17D,18D,19D,20D,22D,23D,24D,25D,26D,27D. The van der Waals surface area contributed by atoms with Crippen LogP contribution in [0.25, 0.3) is 94.4 Å². The van der Waals surface area contributed by atoms with Gasteiger partial charge in [-0.15, -0.1) is 0 Å². The Morgan fingerprint density at radius 3 is 1.04 bits per heavy atom. The van der Waals surface area contributed by atoms with Gasteiger partial charge < -0.3 is 4.57 Å². The Morgan fingerprint density at radius 2 is 0.667 bits per heavy atom. The van der Waals surface area contributed by atoms with Crippen LogP contribution in [-0.4, -0.2) is 28.7 Å².